The van der Waals surface area contributed by atoms with Crippen LogP contribution in [0, 0.1) is 11.3 Å². The number of benzene rings is 2. The van der Waals surface area contributed by atoms with Crippen LogP contribution in [0.15, 0.2) is 60.0 Å². The van der Waals surface area contributed by atoms with Crippen LogP contribution < -0.4 is 0 Å². The first-order valence-corrected chi connectivity index (χ1v) is 8.06. The highest BCUT2D eigenvalue weighted by atomic mass is 35.5. The molecule has 0 radical (unpaired) electrons. The molecule has 0 bridgehead atoms. The predicted octanol–water partition coefficient (Wildman–Crippen LogP) is 5.41. The van der Waals surface area contributed by atoms with Gasteiger partial charge in [-0.3, -0.25) is 0 Å². The number of hydrogen-bond acceptors (Lipinski definition) is 4. The number of nitrogens with zero attached hydrogens (tertiary/aromatic N) is 2. The Morgan fingerprint density at radius 2 is 1.78 bits per heavy atom. The zero-order chi connectivity index (χ0) is 16.2. The van der Waals surface area contributed by atoms with E-state index in [2.05, 4.69) is 4.98 Å². The van der Waals surface area contributed by atoms with Gasteiger partial charge < -0.3 is 5.11 Å². The van der Waals surface area contributed by atoms with Crippen molar-refractivity contribution in [1.29, 1.82) is 5.26 Å². The van der Waals surface area contributed by atoms with Crippen LogP contribution in [0.1, 0.15) is 10.6 Å². The number of aromatic nitrogens is 1. The SMILES string of the molecule is N#C/C(=C(/O)c1ccccc1)c1nc(-c2ccccc2Cl)cs1. The van der Waals surface area contributed by atoms with Crippen LogP contribution in [-0.4, -0.2) is 10.1 Å². The maximum Gasteiger partial charge on any atom is 0.143 e. The summed E-state index contributed by atoms with van der Waals surface area (Å²) in [4.78, 5) is 4.45. The summed E-state index contributed by atoms with van der Waals surface area (Å²) in [7, 11) is 0. The molecule has 23 heavy (non-hydrogen) atoms. The van der Waals surface area contributed by atoms with E-state index >= 15 is 0 Å². The van der Waals surface area contributed by atoms with Crippen molar-refractivity contribution in [2.24, 2.45) is 0 Å². The van der Waals surface area contributed by atoms with E-state index < -0.39 is 0 Å². The fourth-order valence-electron chi connectivity index (χ4n) is 2.12. The number of thiazole rings is 1. The Hall–Kier alpha value is -2.61. The third-order valence-corrected chi connectivity index (χ3v) is 4.45. The standard InChI is InChI=1S/C18H11ClN2OS/c19-15-9-5-4-8-13(15)16-11-23-18(21-16)14(10-20)17(22)12-6-2-1-3-7-12/h1-9,11,22H/b17-14-. The highest BCUT2D eigenvalue weighted by Crippen LogP contribution is 2.32. The monoisotopic (exact) mass is 338 g/mol. The van der Waals surface area contributed by atoms with Crippen LogP contribution in [0.25, 0.3) is 22.6 Å². The Bertz CT molecular complexity index is 910. The molecular weight excluding hydrogens is 328 g/mol. The number of rotatable bonds is 3. The molecule has 3 nitrogen and oxygen atoms in total. The van der Waals surface area contributed by atoms with Gasteiger partial charge in [-0.15, -0.1) is 11.3 Å². The Kier molecular flexibility index (Phi) is 4.42. The Morgan fingerprint density at radius 3 is 2.48 bits per heavy atom. The number of allylic oxidation sites excluding steroid dienone is 1. The normalized spacial score (nSPS) is 11.7. The van der Waals surface area contributed by atoms with Crippen molar-refractivity contribution in [2.45, 2.75) is 0 Å². The third kappa shape index (κ3) is 3.11. The van der Waals surface area contributed by atoms with Crippen molar-refractivity contribution in [3.05, 3.63) is 75.6 Å². The topological polar surface area (TPSA) is 56.9 Å². The van der Waals surface area contributed by atoms with Gasteiger partial charge in [-0.1, -0.05) is 60.1 Å². The molecule has 0 aliphatic rings. The van der Waals surface area contributed by atoms with Crippen LogP contribution in [0.3, 0.4) is 0 Å². The van der Waals surface area contributed by atoms with E-state index in [4.69, 9.17) is 11.6 Å². The summed E-state index contributed by atoms with van der Waals surface area (Å²) < 4.78 is 0. The summed E-state index contributed by atoms with van der Waals surface area (Å²) in [6, 6.07) is 18.4. The zero-order valence-corrected chi connectivity index (χ0v) is 13.5. The first-order valence-electron chi connectivity index (χ1n) is 6.80. The minimum atomic E-state index is -0.0758. The van der Waals surface area contributed by atoms with Crippen LogP contribution >= 0.6 is 22.9 Å². The van der Waals surface area contributed by atoms with Gasteiger partial charge in [0.1, 0.15) is 22.4 Å². The van der Waals surface area contributed by atoms with Gasteiger partial charge in [-0.2, -0.15) is 5.26 Å². The van der Waals surface area contributed by atoms with Gasteiger partial charge in [-0.25, -0.2) is 4.98 Å². The Morgan fingerprint density at radius 1 is 1.09 bits per heavy atom. The van der Waals surface area contributed by atoms with Gasteiger partial charge in [0, 0.05) is 21.5 Å². The number of hydrogen-bond donors (Lipinski definition) is 1. The summed E-state index contributed by atoms with van der Waals surface area (Å²) in [5.41, 5.74) is 2.22. The van der Waals surface area contributed by atoms with Crippen LogP contribution in [0.5, 0.6) is 0 Å². The first-order chi connectivity index (χ1) is 11.2. The van der Waals surface area contributed by atoms with Crippen molar-refractivity contribution >= 4 is 34.3 Å². The van der Waals surface area contributed by atoms with Crippen molar-refractivity contribution in [3.8, 4) is 17.3 Å². The van der Waals surface area contributed by atoms with E-state index in [1.54, 1.807) is 30.3 Å². The van der Waals surface area contributed by atoms with Gasteiger partial charge >= 0.3 is 0 Å². The molecule has 1 N–H and O–H groups in total. The van der Waals surface area contributed by atoms with E-state index in [1.807, 2.05) is 35.7 Å². The lowest BCUT2D eigenvalue weighted by molar-refractivity contribution is 0.514. The van der Waals surface area contributed by atoms with Crippen LogP contribution in [0.2, 0.25) is 5.02 Å². The zero-order valence-electron chi connectivity index (χ0n) is 11.9. The smallest absolute Gasteiger partial charge is 0.143 e. The maximum atomic E-state index is 10.4. The minimum Gasteiger partial charge on any atom is -0.506 e. The van der Waals surface area contributed by atoms with Gasteiger partial charge in [0.05, 0.1) is 5.69 Å². The second-order valence-corrected chi connectivity index (χ2v) is 5.98. The predicted molar refractivity (Wildman–Crippen MR) is 94.1 cm³/mol. The van der Waals surface area contributed by atoms with Crippen molar-refractivity contribution < 1.29 is 5.11 Å². The molecular formula is C18H11ClN2OS. The highest BCUT2D eigenvalue weighted by molar-refractivity contribution is 7.11. The van der Waals surface area contributed by atoms with E-state index in [0.717, 1.165) is 5.56 Å². The second-order valence-electron chi connectivity index (χ2n) is 4.72. The largest absolute Gasteiger partial charge is 0.506 e. The Labute approximate surface area is 142 Å². The summed E-state index contributed by atoms with van der Waals surface area (Å²) in [6.45, 7) is 0. The summed E-state index contributed by atoms with van der Waals surface area (Å²) in [5, 5.41) is 22.7. The first kappa shape index (κ1) is 15.3. The molecule has 0 amide bonds. The third-order valence-electron chi connectivity index (χ3n) is 3.26. The second kappa shape index (κ2) is 6.66. The summed E-state index contributed by atoms with van der Waals surface area (Å²) in [6.07, 6.45) is 0. The molecule has 1 aromatic heterocycles. The van der Waals surface area contributed by atoms with Gasteiger partial charge in [0.15, 0.2) is 0 Å². The fraction of sp³-hybridized carbons (Fsp3) is 0. The molecule has 0 spiro atoms. The van der Waals surface area contributed by atoms with Gasteiger partial charge in [0.2, 0.25) is 0 Å². The van der Waals surface area contributed by atoms with E-state index in [9.17, 15) is 10.4 Å². The highest BCUT2D eigenvalue weighted by Gasteiger charge is 2.15. The average Bonchev–Trinajstić information content (AvgIpc) is 3.06. The quantitative estimate of drug-likeness (QED) is 0.513. The number of halogens is 1. The Balaban J connectivity index is 2.05. The van der Waals surface area contributed by atoms with E-state index in [0.29, 0.717) is 21.3 Å². The molecule has 0 saturated carbocycles. The molecule has 0 aliphatic heterocycles. The van der Waals surface area contributed by atoms with Crippen molar-refractivity contribution in [1.82, 2.24) is 4.98 Å². The molecule has 0 saturated heterocycles. The molecule has 1 heterocycles. The van der Waals surface area contributed by atoms with Crippen molar-refractivity contribution in [3.63, 3.8) is 0 Å². The van der Waals surface area contributed by atoms with Crippen molar-refractivity contribution in [2.75, 3.05) is 0 Å². The molecule has 0 aliphatic carbocycles. The number of nitriles is 1. The minimum absolute atomic E-state index is 0.0758. The average molecular weight is 339 g/mol. The lowest BCUT2D eigenvalue weighted by Gasteiger charge is -2.02. The number of aliphatic hydroxyl groups is 1. The summed E-state index contributed by atoms with van der Waals surface area (Å²) >= 11 is 7.48. The van der Waals surface area contributed by atoms with Crippen LogP contribution in [0.4, 0.5) is 0 Å². The summed E-state index contributed by atoms with van der Waals surface area (Å²) in [5.74, 6) is -0.0758. The molecule has 5 heteroatoms. The van der Waals surface area contributed by atoms with E-state index in [1.165, 1.54) is 11.3 Å². The molecule has 0 atom stereocenters. The lowest BCUT2D eigenvalue weighted by Crippen LogP contribution is -1.90. The molecule has 0 fully saturated rings. The molecule has 3 aromatic rings. The van der Waals surface area contributed by atoms with Gasteiger partial charge in [-0.05, 0) is 6.07 Å². The van der Waals surface area contributed by atoms with Gasteiger partial charge in [0.25, 0.3) is 0 Å². The molecule has 3 rings (SSSR count). The molecule has 112 valence electrons. The maximum absolute atomic E-state index is 10.4. The van der Waals surface area contributed by atoms with Crippen LogP contribution in [-0.2, 0) is 0 Å². The lowest BCUT2D eigenvalue weighted by atomic mass is 10.1. The molecule has 0 unspecified atom stereocenters. The number of aliphatic hydroxyl groups excluding tert-OH is 1. The van der Waals surface area contributed by atoms with E-state index in [-0.39, 0.29) is 11.3 Å². The fourth-order valence-corrected chi connectivity index (χ4v) is 3.17. The molecule has 2 aromatic carbocycles.